The van der Waals surface area contributed by atoms with Gasteiger partial charge in [0.25, 0.3) is 5.91 Å². The van der Waals surface area contributed by atoms with Crippen LogP contribution in [0, 0.1) is 0 Å². The van der Waals surface area contributed by atoms with Crippen molar-refractivity contribution in [3.05, 3.63) is 35.9 Å². The predicted octanol–water partition coefficient (Wildman–Crippen LogP) is 2.89. The van der Waals surface area contributed by atoms with Crippen LogP contribution in [0.25, 0.3) is 10.9 Å². The summed E-state index contributed by atoms with van der Waals surface area (Å²) in [5.41, 5.74) is 1.44. The highest BCUT2D eigenvalue weighted by atomic mass is 32.2. The highest BCUT2D eigenvalue weighted by molar-refractivity contribution is 8.00. The largest absolute Gasteiger partial charge is 0.355 e. The Hall–Kier alpha value is -2.08. The first-order chi connectivity index (χ1) is 12.2. The van der Waals surface area contributed by atoms with Crippen molar-refractivity contribution in [1.29, 1.82) is 0 Å². The molecule has 0 bridgehead atoms. The molecule has 1 aliphatic heterocycles. The van der Waals surface area contributed by atoms with Gasteiger partial charge in [-0.15, -0.1) is 0 Å². The molecule has 1 aromatic heterocycles. The number of carbonyl (C=O) groups is 2. The Morgan fingerprint density at radius 1 is 1.20 bits per heavy atom. The number of nitrogens with one attached hydrogen (secondary N) is 2. The standard InChI is InChI=1S/C19H21N3O2S/c23-18(21-12-8-9-12)14-11-17(22-15-6-2-1-5-13(14)15)25-16-7-3-4-10-20-19(16)24/h1-2,5-6,11-12,16H,3-4,7-10H2,(H,20,24)(H,21,23)/t16-/m0/s1. The molecular formula is C19H21N3O2S. The molecule has 1 aliphatic carbocycles. The quantitative estimate of drug-likeness (QED) is 0.885. The second kappa shape index (κ2) is 7.04. The maximum atomic E-state index is 12.6. The normalized spacial score (nSPS) is 20.8. The number of thioether (sulfide) groups is 1. The van der Waals surface area contributed by atoms with Crippen molar-refractivity contribution in [2.75, 3.05) is 6.54 Å². The van der Waals surface area contributed by atoms with E-state index in [1.165, 1.54) is 11.8 Å². The monoisotopic (exact) mass is 355 g/mol. The van der Waals surface area contributed by atoms with Gasteiger partial charge in [0.15, 0.2) is 0 Å². The van der Waals surface area contributed by atoms with Gasteiger partial charge in [-0.3, -0.25) is 9.59 Å². The molecule has 0 radical (unpaired) electrons. The number of amides is 2. The highest BCUT2D eigenvalue weighted by Gasteiger charge is 2.26. The first kappa shape index (κ1) is 16.4. The number of para-hydroxylation sites is 1. The van der Waals surface area contributed by atoms with E-state index in [2.05, 4.69) is 15.6 Å². The summed E-state index contributed by atoms with van der Waals surface area (Å²) in [5.74, 6) is 0.0229. The molecule has 2 fully saturated rings. The summed E-state index contributed by atoms with van der Waals surface area (Å²) < 4.78 is 0. The van der Waals surface area contributed by atoms with Gasteiger partial charge < -0.3 is 10.6 Å². The maximum absolute atomic E-state index is 12.6. The first-order valence-corrected chi connectivity index (χ1v) is 9.74. The lowest BCUT2D eigenvalue weighted by molar-refractivity contribution is -0.120. The van der Waals surface area contributed by atoms with Crippen molar-refractivity contribution < 1.29 is 9.59 Å². The van der Waals surface area contributed by atoms with Crippen LogP contribution in [0.5, 0.6) is 0 Å². The van der Waals surface area contributed by atoms with Crippen molar-refractivity contribution in [2.24, 2.45) is 0 Å². The molecule has 2 aliphatic rings. The highest BCUT2D eigenvalue weighted by Crippen LogP contribution is 2.30. The van der Waals surface area contributed by atoms with Crippen molar-refractivity contribution >= 4 is 34.5 Å². The Morgan fingerprint density at radius 3 is 2.88 bits per heavy atom. The molecule has 2 N–H and O–H groups in total. The Labute approximate surface area is 151 Å². The third-order valence-electron chi connectivity index (χ3n) is 4.60. The molecule has 1 aromatic carbocycles. The number of rotatable bonds is 4. The van der Waals surface area contributed by atoms with Gasteiger partial charge in [0.2, 0.25) is 5.91 Å². The van der Waals surface area contributed by atoms with Crippen LogP contribution in [-0.4, -0.2) is 34.6 Å². The number of hydrogen-bond donors (Lipinski definition) is 2. The van der Waals surface area contributed by atoms with Gasteiger partial charge in [-0.2, -0.15) is 0 Å². The van der Waals surface area contributed by atoms with Crippen LogP contribution >= 0.6 is 11.8 Å². The molecule has 1 saturated heterocycles. The van der Waals surface area contributed by atoms with Crippen molar-refractivity contribution in [3.8, 4) is 0 Å². The number of fused-ring (bicyclic) bond motifs is 1. The van der Waals surface area contributed by atoms with E-state index in [1.807, 2.05) is 30.3 Å². The van der Waals surface area contributed by atoms with E-state index >= 15 is 0 Å². The minimum absolute atomic E-state index is 0.0479. The van der Waals surface area contributed by atoms with Gasteiger partial charge in [-0.25, -0.2) is 4.98 Å². The van der Waals surface area contributed by atoms with Gasteiger partial charge in [0, 0.05) is 18.0 Å². The smallest absolute Gasteiger partial charge is 0.252 e. The molecule has 2 heterocycles. The number of aromatic nitrogens is 1. The number of pyridine rings is 1. The van der Waals surface area contributed by atoms with Crippen molar-refractivity contribution in [1.82, 2.24) is 15.6 Å². The van der Waals surface area contributed by atoms with Crippen LogP contribution in [0.2, 0.25) is 0 Å². The van der Waals surface area contributed by atoms with Crippen LogP contribution in [0.15, 0.2) is 35.4 Å². The summed E-state index contributed by atoms with van der Waals surface area (Å²) in [6.07, 6.45) is 4.99. The fraction of sp³-hybridized carbons (Fsp3) is 0.421. The zero-order valence-electron chi connectivity index (χ0n) is 14.0. The second-order valence-electron chi connectivity index (χ2n) is 6.67. The molecule has 6 heteroatoms. The molecule has 130 valence electrons. The molecule has 1 atom stereocenters. The van der Waals surface area contributed by atoms with Crippen LogP contribution in [0.1, 0.15) is 42.5 Å². The first-order valence-electron chi connectivity index (χ1n) is 8.86. The van der Waals surface area contributed by atoms with Gasteiger partial charge in [0.05, 0.1) is 21.4 Å². The zero-order valence-corrected chi connectivity index (χ0v) is 14.8. The van der Waals surface area contributed by atoms with E-state index in [0.717, 1.165) is 54.6 Å². The van der Waals surface area contributed by atoms with E-state index in [4.69, 9.17) is 0 Å². The maximum Gasteiger partial charge on any atom is 0.252 e. The van der Waals surface area contributed by atoms with Crippen LogP contribution in [0.3, 0.4) is 0 Å². The average molecular weight is 355 g/mol. The zero-order chi connectivity index (χ0) is 17.2. The Balaban J connectivity index is 1.66. The average Bonchev–Trinajstić information content (AvgIpc) is 3.44. The second-order valence-corrected chi connectivity index (χ2v) is 7.89. The third-order valence-corrected chi connectivity index (χ3v) is 5.78. The summed E-state index contributed by atoms with van der Waals surface area (Å²) in [4.78, 5) is 29.5. The molecular weight excluding hydrogens is 334 g/mol. The molecule has 4 rings (SSSR count). The van der Waals surface area contributed by atoms with Crippen LogP contribution < -0.4 is 10.6 Å². The SMILES string of the molecule is O=C(NC1CC1)c1cc(S[C@H]2CCCCNC2=O)nc2ccccc12. The van der Waals surface area contributed by atoms with E-state index in [0.29, 0.717) is 11.6 Å². The van der Waals surface area contributed by atoms with Gasteiger partial charge >= 0.3 is 0 Å². The summed E-state index contributed by atoms with van der Waals surface area (Å²) in [5, 5.41) is 7.47. The Bertz CT molecular complexity index is 819. The third kappa shape index (κ3) is 3.79. The number of hydrogen-bond acceptors (Lipinski definition) is 4. The number of carbonyl (C=O) groups excluding carboxylic acids is 2. The summed E-state index contributed by atoms with van der Waals surface area (Å²) in [7, 11) is 0. The van der Waals surface area contributed by atoms with E-state index in [9.17, 15) is 9.59 Å². The molecule has 5 nitrogen and oxygen atoms in total. The van der Waals surface area contributed by atoms with E-state index in [1.54, 1.807) is 0 Å². The number of nitrogens with zero attached hydrogens (tertiary/aromatic N) is 1. The lowest BCUT2D eigenvalue weighted by Crippen LogP contribution is -2.30. The Kier molecular flexibility index (Phi) is 4.61. The molecule has 0 spiro atoms. The van der Waals surface area contributed by atoms with Gasteiger partial charge in [-0.05, 0) is 37.8 Å². The van der Waals surface area contributed by atoms with Crippen LogP contribution in [0.4, 0.5) is 0 Å². The minimum Gasteiger partial charge on any atom is -0.355 e. The van der Waals surface area contributed by atoms with E-state index in [-0.39, 0.29) is 17.1 Å². The predicted molar refractivity (Wildman–Crippen MR) is 98.7 cm³/mol. The van der Waals surface area contributed by atoms with Crippen molar-refractivity contribution in [2.45, 2.75) is 48.4 Å². The van der Waals surface area contributed by atoms with E-state index < -0.39 is 0 Å². The summed E-state index contributed by atoms with van der Waals surface area (Å²) in [6, 6.07) is 9.83. The summed E-state index contributed by atoms with van der Waals surface area (Å²) >= 11 is 1.46. The van der Waals surface area contributed by atoms with Crippen LogP contribution in [-0.2, 0) is 4.79 Å². The molecule has 25 heavy (non-hydrogen) atoms. The molecule has 0 unspecified atom stereocenters. The van der Waals surface area contributed by atoms with Crippen molar-refractivity contribution in [3.63, 3.8) is 0 Å². The van der Waals surface area contributed by atoms with Gasteiger partial charge in [-0.1, -0.05) is 36.4 Å². The summed E-state index contributed by atoms with van der Waals surface area (Å²) in [6.45, 7) is 0.746. The fourth-order valence-corrected chi connectivity index (χ4v) is 4.16. The van der Waals surface area contributed by atoms with Gasteiger partial charge in [0.1, 0.15) is 0 Å². The molecule has 1 saturated carbocycles. The minimum atomic E-state index is -0.143. The molecule has 2 aromatic rings. The molecule has 2 amide bonds. The topological polar surface area (TPSA) is 71.1 Å². The Morgan fingerprint density at radius 2 is 2.04 bits per heavy atom. The lowest BCUT2D eigenvalue weighted by atomic mass is 10.1. The fourth-order valence-electron chi connectivity index (χ4n) is 3.06. The lowest BCUT2D eigenvalue weighted by Gasteiger charge is -2.14. The number of benzene rings is 1.